The summed E-state index contributed by atoms with van der Waals surface area (Å²) in [5, 5.41) is 20.5. The van der Waals surface area contributed by atoms with Gasteiger partial charge in [-0.3, -0.25) is 64.5 Å². The lowest BCUT2D eigenvalue weighted by Gasteiger charge is -2.42. The van der Waals surface area contributed by atoms with E-state index in [1.54, 1.807) is 54.1 Å². The molecule has 5 heterocycles. The van der Waals surface area contributed by atoms with Crippen LogP contribution in [0.15, 0.2) is 35.9 Å². The van der Waals surface area contributed by atoms with Crippen molar-refractivity contribution >= 4 is 118 Å². The number of epoxide rings is 1. The van der Waals surface area contributed by atoms with E-state index in [-0.39, 0.29) is 48.3 Å². The molecular formula is C54H71ClN10O19S2. The maximum atomic E-state index is 14.4. The number of ether oxygens (including phenoxy) is 5. The van der Waals surface area contributed by atoms with E-state index in [9.17, 15) is 67.4 Å². The van der Waals surface area contributed by atoms with Crippen molar-refractivity contribution in [3.63, 3.8) is 0 Å². The number of rotatable bonds is 17. The van der Waals surface area contributed by atoms with Crippen molar-refractivity contribution in [2.24, 2.45) is 5.92 Å². The molecule has 3 unspecified atom stereocenters. The molecule has 29 nitrogen and oxygen atoms in total. The zero-order valence-corrected chi connectivity index (χ0v) is 51.3. The van der Waals surface area contributed by atoms with Crippen molar-refractivity contribution < 1.29 is 91.1 Å². The van der Waals surface area contributed by atoms with Gasteiger partial charge < -0.3 is 43.9 Å². The predicted molar refractivity (Wildman–Crippen MR) is 308 cm³/mol. The van der Waals surface area contributed by atoms with Gasteiger partial charge in [0.15, 0.2) is 5.72 Å². The molecule has 4 saturated heterocycles. The highest BCUT2D eigenvalue weighted by Gasteiger charge is 2.64. The van der Waals surface area contributed by atoms with Gasteiger partial charge in [0, 0.05) is 71.5 Å². The second-order valence-electron chi connectivity index (χ2n) is 21.5. The van der Waals surface area contributed by atoms with Gasteiger partial charge in [-0.15, -0.1) is 23.5 Å². The number of carbonyl (C=O) groups excluding carboxylic acids is 13. The summed E-state index contributed by atoms with van der Waals surface area (Å²) in [5.74, 6) is -6.89. The molecule has 5 aliphatic rings. The van der Waals surface area contributed by atoms with Crippen molar-refractivity contribution in [1.82, 2.24) is 46.8 Å². The molecular weight excluding hydrogens is 1190 g/mol. The van der Waals surface area contributed by atoms with E-state index in [2.05, 4.69) is 10.6 Å². The number of halogens is 1. The molecule has 0 aromatic heterocycles. The zero-order valence-electron chi connectivity index (χ0n) is 48.9. The first kappa shape index (κ1) is 67.8. The molecule has 0 aliphatic carbocycles. The summed E-state index contributed by atoms with van der Waals surface area (Å²) in [6, 6.07) is -1.94. The Morgan fingerprint density at radius 3 is 2.26 bits per heavy atom. The van der Waals surface area contributed by atoms with Crippen LogP contribution in [0, 0.1) is 5.92 Å². The van der Waals surface area contributed by atoms with E-state index in [0.29, 0.717) is 22.9 Å². The predicted octanol–water partition coefficient (Wildman–Crippen LogP) is 1.70. The Morgan fingerprint density at radius 2 is 1.58 bits per heavy atom. The number of likely N-dealkylation sites (N-methyl/N-ethyl adjacent to an activating group) is 1. The molecule has 0 radical (unpaired) electrons. The normalized spacial score (nSPS) is 27.2. The Labute approximate surface area is 508 Å². The number of methoxy groups -OCH3 is 2. The number of thioether (sulfide) groups is 2. The number of nitrogens with one attached hydrogen (secondary N) is 6. The van der Waals surface area contributed by atoms with E-state index in [0.717, 1.165) is 32.7 Å². The van der Waals surface area contributed by atoms with Gasteiger partial charge in [-0.05, 0) is 50.1 Å². The Hall–Kier alpha value is -7.32. The summed E-state index contributed by atoms with van der Waals surface area (Å²) < 4.78 is 29.3. The second-order valence-corrected chi connectivity index (χ2v) is 24.9. The maximum absolute atomic E-state index is 14.4. The number of alkyl carbamates (subject to hydrolysis) is 1. The number of hydrogen-bond acceptors (Lipinski definition) is 21. The molecule has 32 heteroatoms. The summed E-state index contributed by atoms with van der Waals surface area (Å²) in [6.07, 6.45) is -1.17. The lowest BCUT2D eigenvalue weighted by atomic mass is 9.83. The molecule has 6 rings (SSSR count). The Morgan fingerprint density at radius 1 is 0.907 bits per heavy atom. The average molecular weight is 1260 g/mol. The smallest absolute Gasteiger partial charge is 0.409 e. The number of carbonyl (C=O) groups is 13. The number of esters is 1. The number of aliphatic hydroxyl groups is 1. The maximum Gasteiger partial charge on any atom is 0.409 e. The molecule has 4 bridgehead atoms. The van der Waals surface area contributed by atoms with Gasteiger partial charge in [-0.25, -0.2) is 29.4 Å². The lowest BCUT2D eigenvalue weighted by molar-refractivity contribution is -0.162. The van der Waals surface area contributed by atoms with Crippen LogP contribution in [0.4, 0.5) is 24.9 Å². The van der Waals surface area contributed by atoms with E-state index in [4.69, 9.17) is 35.3 Å². The van der Waals surface area contributed by atoms with Crippen molar-refractivity contribution in [3.8, 4) is 5.75 Å². The average Bonchev–Trinajstić information content (AvgIpc) is 1.65. The van der Waals surface area contributed by atoms with Gasteiger partial charge in [0.05, 0.1) is 42.4 Å². The SMILES string of the molecule is COc1cc2cc(c1Cl)N(C)C(=O)C[C@H](OC(=O)[C@H](C)N(C)C(=O)CCSC1CC(=O)N(CCC(=O)NCC(=O)NC(=O)NC(=O)NC(=O)NN3C(=O)CC(SC(C)C)C3=O)C1=O)C1(C)O[C@H]1[C@H](C)[C@@H]1C[C@@](O)(NC(=O)O1)[C@H](OC)/C=C/C=C(\C)C2. The minimum absolute atomic E-state index is 0.00847. The van der Waals surface area contributed by atoms with Gasteiger partial charge in [-0.1, -0.05) is 56.2 Å². The Bertz CT molecular complexity index is 2970. The van der Waals surface area contributed by atoms with Crippen molar-refractivity contribution in [1.29, 1.82) is 0 Å². The third-order valence-electron chi connectivity index (χ3n) is 14.8. The minimum atomic E-state index is -1.92. The zero-order chi connectivity index (χ0) is 63.7. The number of likely N-dealkylation sites (tertiary alicyclic amines) is 1. The van der Waals surface area contributed by atoms with Crippen molar-refractivity contribution in [2.45, 2.75) is 144 Å². The fourth-order valence-corrected chi connectivity index (χ4v) is 12.4. The number of amides is 15. The molecule has 86 heavy (non-hydrogen) atoms. The summed E-state index contributed by atoms with van der Waals surface area (Å²) in [5.41, 5.74) is 0.512. The van der Waals surface area contributed by atoms with Gasteiger partial charge >= 0.3 is 30.2 Å². The van der Waals surface area contributed by atoms with Crippen LogP contribution in [0.25, 0.3) is 0 Å². The molecule has 5 aliphatic heterocycles. The van der Waals surface area contributed by atoms with E-state index in [1.807, 2.05) is 32.3 Å². The first-order valence-corrected chi connectivity index (χ1v) is 29.6. The molecule has 1 aromatic carbocycles. The fraction of sp³-hybridized carbons (Fsp3) is 0.574. The summed E-state index contributed by atoms with van der Waals surface area (Å²) in [4.78, 5) is 171. The van der Waals surface area contributed by atoms with Crippen LogP contribution < -0.4 is 41.6 Å². The number of fused-ring (bicyclic) bond motifs is 5. The first-order chi connectivity index (χ1) is 40.4. The van der Waals surface area contributed by atoms with Crippen LogP contribution in [0.3, 0.4) is 0 Å². The number of allylic oxidation sites excluding steroid dienone is 3. The summed E-state index contributed by atoms with van der Waals surface area (Å²) in [6.45, 7) is 9.12. The van der Waals surface area contributed by atoms with E-state index >= 15 is 0 Å². The van der Waals surface area contributed by atoms with Gasteiger partial charge in [0.1, 0.15) is 40.7 Å². The largest absolute Gasteiger partial charge is 0.495 e. The van der Waals surface area contributed by atoms with Crippen LogP contribution >= 0.6 is 35.1 Å². The first-order valence-electron chi connectivity index (χ1n) is 27.2. The third kappa shape index (κ3) is 16.8. The summed E-state index contributed by atoms with van der Waals surface area (Å²) in [7, 11) is 5.69. The molecule has 0 spiro atoms. The van der Waals surface area contributed by atoms with E-state index < -0.39 is 155 Å². The van der Waals surface area contributed by atoms with Crippen LogP contribution in [0.5, 0.6) is 5.75 Å². The number of benzene rings is 1. The Kier molecular flexibility index (Phi) is 22.8. The highest BCUT2D eigenvalue weighted by Crippen LogP contribution is 2.49. The monoisotopic (exact) mass is 1260 g/mol. The molecule has 7 N–H and O–H groups in total. The van der Waals surface area contributed by atoms with Gasteiger partial charge in [-0.2, -0.15) is 5.01 Å². The number of hydrogen-bond donors (Lipinski definition) is 7. The molecule has 15 amide bonds. The second kappa shape index (κ2) is 28.9. The van der Waals surface area contributed by atoms with Gasteiger partial charge in [0.25, 0.3) is 5.91 Å². The van der Waals surface area contributed by atoms with Crippen LogP contribution in [0.1, 0.15) is 85.6 Å². The van der Waals surface area contributed by atoms with Gasteiger partial charge in [0.2, 0.25) is 41.4 Å². The molecule has 1 aromatic rings. The van der Waals surface area contributed by atoms with Crippen molar-refractivity contribution in [2.75, 3.05) is 52.1 Å². The summed E-state index contributed by atoms with van der Waals surface area (Å²) >= 11 is 9.02. The van der Waals surface area contributed by atoms with E-state index in [1.165, 1.54) is 51.9 Å². The lowest BCUT2D eigenvalue weighted by Crippen LogP contribution is -2.63. The Balaban J connectivity index is 0.993. The van der Waals surface area contributed by atoms with Crippen LogP contribution in [0.2, 0.25) is 5.02 Å². The molecule has 10 atom stereocenters. The topological polar surface area (TPSA) is 377 Å². The number of anilines is 1. The number of hydrazine groups is 1. The number of imide groups is 5. The quantitative estimate of drug-likeness (QED) is 0.0663. The van der Waals surface area contributed by atoms with Crippen LogP contribution in [-0.4, -0.2) is 202 Å². The third-order valence-corrected chi connectivity index (χ3v) is 17.7. The minimum Gasteiger partial charge on any atom is -0.495 e. The fourth-order valence-electron chi connectivity index (χ4n) is 9.91. The highest BCUT2D eigenvalue weighted by atomic mass is 35.5. The number of urea groups is 3. The molecule has 0 saturated carbocycles. The van der Waals surface area contributed by atoms with Crippen LogP contribution in [-0.2, 0) is 68.5 Å². The standard InChI is InChI=1S/C54H71ClN10O19S2/c1-26(2)86-35-22-43(71)65(47(35)73)61-51(77)59-50(76)58-49(75)57-39(67)25-56-38(66)14-16-64-42(70)21-34(46(64)72)85-17-15-40(68)62(7)29(5)48(74)83-37-23-41(69)63(8)31-19-30(20-32(80-9)44(31)55)18-27(3)12-11-13-36(81-10)54(79)24-33(82-52(78)60-54)28(4)45-53(37,6)84-45/h11-13,19-20,26,28-29,33-37,45,79H,14-18,21-25H2,1-10H3,(H,56,66)(H,60,78)(H4,57,58,59,61,67,75,76,77)/b13-11+,27-12+/t28-,29+,33+,34?,35?,36-,37+,45+,53?,54+/m1/s1. The highest BCUT2D eigenvalue weighted by molar-refractivity contribution is 8.01. The number of nitrogens with zero attached hydrogens (tertiary/aromatic N) is 4. The molecule has 4 fully saturated rings. The molecule has 470 valence electrons. The van der Waals surface area contributed by atoms with Crippen molar-refractivity contribution in [3.05, 3.63) is 46.5 Å².